The molecule has 1 saturated heterocycles. The largest absolute Gasteiger partial charge is 0.364 e. The molecule has 0 saturated carbocycles. The van der Waals surface area contributed by atoms with Crippen molar-refractivity contribution in [3.8, 4) is 11.3 Å². The smallest absolute Gasteiger partial charge is 0.257 e. The van der Waals surface area contributed by atoms with Crippen LogP contribution in [0.4, 0.5) is 0 Å². The fraction of sp³-hybridized carbons (Fsp3) is 0.261. The molecule has 0 spiro atoms. The Kier molecular flexibility index (Phi) is 5.37. The molecule has 1 N–H and O–H groups in total. The van der Waals surface area contributed by atoms with E-state index in [-0.39, 0.29) is 18.4 Å². The summed E-state index contributed by atoms with van der Waals surface area (Å²) in [5.41, 5.74) is 3.85. The minimum absolute atomic E-state index is 0.0101. The number of hydrogen-bond donors (Lipinski definition) is 1. The van der Waals surface area contributed by atoms with Gasteiger partial charge in [-0.2, -0.15) is 5.10 Å². The van der Waals surface area contributed by atoms with E-state index in [1.54, 1.807) is 29.0 Å². The van der Waals surface area contributed by atoms with E-state index >= 15 is 0 Å². The Morgan fingerprint density at radius 3 is 2.75 bits per heavy atom. The van der Waals surface area contributed by atoms with Crippen molar-refractivity contribution in [2.24, 2.45) is 0 Å². The van der Waals surface area contributed by atoms with Crippen molar-refractivity contribution in [1.82, 2.24) is 30.0 Å². The van der Waals surface area contributed by atoms with E-state index in [9.17, 15) is 9.59 Å². The number of amides is 2. The molecule has 0 aromatic carbocycles. The van der Waals surface area contributed by atoms with Crippen molar-refractivity contribution in [2.75, 3.05) is 13.1 Å². The molecule has 32 heavy (non-hydrogen) atoms. The Morgan fingerprint density at radius 1 is 1.06 bits per heavy atom. The van der Waals surface area contributed by atoms with Crippen LogP contribution in [0.15, 0.2) is 59.7 Å². The topological polar surface area (TPSA) is 106 Å². The van der Waals surface area contributed by atoms with Gasteiger partial charge in [0.1, 0.15) is 12.0 Å². The first kappa shape index (κ1) is 19.9. The minimum Gasteiger partial charge on any atom is -0.364 e. The Bertz CT molecular complexity index is 1260. The highest BCUT2D eigenvalue weighted by Crippen LogP contribution is 2.24. The quantitative estimate of drug-likeness (QED) is 0.522. The molecule has 5 rings (SSSR count). The minimum atomic E-state index is -0.268. The summed E-state index contributed by atoms with van der Waals surface area (Å²) in [6.45, 7) is 1.83. The number of rotatable bonds is 5. The molecule has 9 nitrogen and oxygen atoms in total. The standard InChI is InChI=1S/C23H22N6O3/c30-22(25-14-18-7-10-32-27-18)17-11-16(12-24-13-17)20-5-4-6-21-19(15-26-29(20)21)23(31)28-8-2-1-3-9-28/h4-7,10-13,15H,1-3,8-9,14H2,(H,25,30). The maximum absolute atomic E-state index is 13.0. The summed E-state index contributed by atoms with van der Waals surface area (Å²) in [6.07, 6.45) is 9.50. The summed E-state index contributed by atoms with van der Waals surface area (Å²) in [4.78, 5) is 31.7. The fourth-order valence-corrected chi connectivity index (χ4v) is 3.97. The van der Waals surface area contributed by atoms with Crippen LogP contribution in [0.1, 0.15) is 45.7 Å². The third kappa shape index (κ3) is 3.84. The molecule has 1 aliphatic heterocycles. The van der Waals surface area contributed by atoms with Crippen molar-refractivity contribution in [1.29, 1.82) is 0 Å². The molecule has 0 aliphatic carbocycles. The normalized spacial score (nSPS) is 13.9. The second kappa shape index (κ2) is 8.62. The first-order valence-corrected chi connectivity index (χ1v) is 10.6. The van der Waals surface area contributed by atoms with Gasteiger partial charge >= 0.3 is 0 Å². The van der Waals surface area contributed by atoms with E-state index in [4.69, 9.17) is 4.52 Å². The van der Waals surface area contributed by atoms with Crippen LogP contribution in [-0.4, -0.2) is 49.6 Å². The predicted octanol–water partition coefficient (Wildman–Crippen LogP) is 2.94. The van der Waals surface area contributed by atoms with Crippen LogP contribution in [0.25, 0.3) is 16.8 Å². The number of carbonyl (C=O) groups excluding carboxylic acids is 2. The van der Waals surface area contributed by atoms with Gasteiger partial charge in [-0.15, -0.1) is 0 Å². The van der Waals surface area contributed by atoms with E-state index in [0.29, 0.717) is 16.8 Å². The molecule has 9 heteroatoms. The monoisotopic (exact) mass is 430 g/mol. The first-order chi connectivity index (χ1) is 15.7. The van der Waals surface area contributed by atoms with Gasteiger partial charge in [-0.1, -0.05) is 11.2 Å². The lowest BCUT2D eigenvalue weighted by Crippen LogP contribution is -2.35. The maximum atomic E-state index is 13.0. The SMILES string of the molecule is O=C(NCc1ccon1)c1cncc(-c2cccc3c(C(=O)N4CCCCC4)cnn23)c1. The molecular weight excluding hydrogens is 408 g/mol. The Balaban J connectivity index is 1.42. The van der Waals surface area contributed by atoms with E-state index in [2.05, 4.69) is 20.6 Å². The average Bonchev–Trinajstić information content (AvgIpc) is 3.52. The summed E-state index contributed by atoms with van der Waals surface area (Å²) < 4.78 is 6.50. The van der Waals surface area contributed by atoms with E-state index in [1.807, 2.05) is 23.1 Å². The van der Waals surface area contributed by atoms with Gasteiger partial charge in [-0.05, 0) is 37.5 Å². The number of likely N-dealkylation sites (tertiary alicyclic amines) is 1. The second-order valence-electron chi connectivity index (χ2n) is 7.75. The van der Waals surface area contributed by atoms with E-state index in [0.717, 1.165) is 49.1 Å². The lowest BCUT2D eigenvalue weighted by Gasteiger charge is -2.26. The van der Waals surface area contributed by atoms with Gasteiger partial charge in [0.05, 0.1) is 35.1 Å². The van der Waals surface area contributed by atoms with Crippen LogP contribution < -0.4 is 5.32 Å². The fourth-order valence-electron chi connectivity index (χ4n) is 3.97. The second-order valence-corrected chi connectivity index (χ2v) is 7.75. The lowest BCUT2D eigenvalue weighted by atomic mass is 10.1. The number of piperidine rings is 1. The summed E-state index contributed by atoms with van der Waals surface area (Å²) in [5.74, 6) is -0.257. The summed E-state index contributed by atoms with van der Waals surface area (Å²) in [6, 6.07) is 9.11. The van der Waals surface area contributed by atoms with Crippen molar-refractivity contribution in [3.63, 3.8) is 0 Å². The number of nitrogens with one attached hydrogen (secondary N) is 1. The number of pyridine rings is 2. The van der Waals surface area contributed by atoms with Crippen LogP contribution in [0.2, 0.25) is 0 Å². The van der Waals surface area contributed by atoms with E-state index in [1.165, 1.54) is 12.5 Å². The van der Waals surface area contributed by atoms with Crippen LogP contribution in [0.5, 0.6) is 0 Å². The van der Waals surface area contributed by atoms with Gasteiger partial charge < -0.3 is 14.7 Å². The van der Waals surface area contributed by atoms with Crippen molar-refractivity contribution >= 4 is 17.3 Å². The molecule has 4 aromatic rings. The zero-order valence-electron chi connectivity index (χ0n) is 17.4. The van der Waals surface area contributed by atoms with Crippen LogP contribution in [0.3, 0.4) is 0 Å². The molecule has 1 aliphatic rings. The predicted molar refractivity (Wildman–Crippen MR) is 116 cm³/mol. The summed E-state index contributed by atoms with van der Waals surface area (Å²) in [7, 11) is 0. The van der Waals surface area contributed by atoms with Crippen molar-refractivity contribution in [2.45, 2.75) is 25.8 Å². The van der Waals surface area contributed by atoms with Gasteiger partial charge in [0.2, 0.25) is 0 Å². The number of aromatic nitrogens is 4. The highest BCUT2D eigenvalue weighted by atomic mass is 16.5. The molecule has 0 bridgehead atoms. The highest BCUT2D eigenvalue weighted by Gasteiger charge is 2.22. The van der Waals surface area contributed by atoms with Gasteiger partial charge in [0.15, 0.2) is 0 Å². The zero-order chi connectivity index (χ0) is 21.9. The number of nitrogens with zero attached hydrogens (tertiary/aromatic N) is 5. The number of hydrogen-bond acceptors (Lipinski definition) is 6. The molecule has 4 aromatic heterocycles. The molecule has 0 atom stereocenters. The van der Waals surface area contributed by atoms with Crippen molar-refractivity contribution in [3.05, 3.63) is 72.0 Å². The first-order valence-electron chi connectivity index (χ1n) is 10.6. The zero-order valence-corrected chi connectivity index (χ0v) is 17.4. The molecule has 0 radical (unpaired) electrons. The van der Waals surface area contributed by atoms with Gasteiger partial charge in [-0.3, -0.25) is 14.6 Å². The lowest BCUT2D eigenvalue weighted by molar-refractivity contribution is 0.0726. The van der Waals surface area contributed by atoms with Gasteiger partial charge in [0.25, 0.3) is 11.8 Å². The third-order valence-electron chi connectivity index (χ3n) is 5.63. The van der Waals surface area contributed by atoms with Crippen LogP contribution in [-0.2, 0) is 6.54 Å². The van der Waals surface area contributed by atoms with Gasteiger partial charge in [0, 0.05) is 37.1 Å². The molecule has 1 fully saturated rings. The van der Waals surface area contributed by atoms with Crippen molar-refractivity contribution < 1.29 is 14.1 Å². The average molecular weight is 430 g/mol. The molecule has 2 amide bonds. The third-order valence-corrected chi connectivity index (χ3v) is 5.63. The molecular formula is C23H22N6O3. The number of carbonyl (C=O) groups is 2. The number of fused-ring (bicyclic) bond motifs is 1. The van der Waals surface area contributed by atoms with Gasteiger partial charge in [-0.25, -0.2) is 4.52 Å². The molecule has 162 valence electrons. The van der Waals surface area contributed by atoms with Crippen LogP contribution >= 0.6 is 0 Å². The highest BCUT2D eigenvalue weighted by molar-refractivity contribution is 6.01. The maximum Gasteiger partial charge on any atom is 0.257 e. The van der Waals surface area contributed by atoms with Crippen LogP contribution in [0, 0.1) is 0 Å². The molecule has 0 unspecified atom stereocenters. The Morgan fingerprint density at radius 2 is 1.94 bits per heavy atom. The Labute approximate surface area is 184 Å². The molecule has 5 heterocycles. The van der Waals surface area contributed by atoms with E-state index < -0.39 is 0 Å². The summed E-state index contributed by atoms with van der Waals surface area (Å²) >= 11 is 0. The Hall–Kier alpha value is -4.01. The summed E-state index contributed by atoms with van der Waals surface area (Å²) in [5, 5.41) is 11.1.